The number of rotatable bonds is 11. The van der Waals surface area contributed by atoms with Gasteiger partial charge < -0.3 is 15.0 Å². The molecule has 0 aliphatic carbocycles. The first kappa shape index (κ1) is 30.3. The van der Waals surface area contributed by atoms with E-state index in [1.807, 2.05) is 13.8 Å². The highest BCUT2D eigenvalue weighted by atomic mass is 35.5. The van der Waals surface area contributed by atoms with Crippen LogP contribution in [0.15, 0.2) is 77.7 Å². The van der Waals surface area contributed by atoms with Crippen LogP contribution in [0.2, 0.25) is 10.0 Å². The number of nitrogens with one attached hydrogen (secondary N) is 1. The number of methoxy groups -OCH3 is 1. The Morgan fingerprint density at radius 2 is 1.56 bits per heavy atom. The number of amides is 2. The number of sulfonamides is 1. The largest absolute Gasteiger partial charge is 0.495 e. The summed E-state index contributed by atoms with van der Waals surface area (Å²) in [6.07, 6.45) is 0. The quantitative estimate of drug-likeness (QED) is 0.333. The second-order valence-corrected chi connectivity index (χ2v) is 11.8. The van der Waals surface area contributed by atoms with Crippen LogP contribution in [0.3, 0.4) is 0 Å². The zero-order chi connectivity index (χ0) is 28.7. The van der Waals surface area contributed by atoms with Gasteiger partial charge in [-0.3, -0.25) is 13.9 Å². The van der Waals surface area contributed by atoms with Crippen molar-refractivity contribution in [1.29, 1.82) is 0 Å². The van der Waals surface area contributed by atoms with E-state index in [0.717, 1.165) is 4.31 Å². The van der Waals surface area contributed by atoms with Crippen LogP contribution in [0.25, 0.3) is 0 Å². The summed E-state index contributed by atoms with van der Waals surface area (Å²) in [7, 11) is -2.78. The van der Waals surface area contributed by atoms with E-state index < -0.39 is 28.5 Å². The molecule has 11 heteroatoms. The minimum atomic E-state index is -4.20. The topological polar surface area (TPSA) is 96.0 Å². The Kier molecular flexibility index (Phi) is 10.2. The Hall–Kier alpha value is -3.27. The Balaban J connectivity index is 2.07. The first-order valence-electron chi connectivity index (χ1n) is 12.2. The van der Waals surface area contributed by atoms with Crippen molar-refractivity contribution in [2.24, 2.45) is 0 Å². The summed E-state index contributed by atoms with van der Waals surface area (Å²) in [5.41, 5.74) is 0.808. The van der Waals surface area contributed by atoms with Gasteiger partial charge in [0, 0.05) is 12.6 Å². The highest BCUT2D eigenvalue weighted by molar-refractivity contribution is 7.92. The minimum Gasteiger partial charge on any atom is -0.495 e. The Bertz CT molecular complexity index is 1420. The average Bonchev–Trinajstić information content (AvgIpc) is 2.91. The maximum atomic E-state index is 13.9. The number of nitrogens with zero attached hydrogens (tertiary/aromatic N) is 2. The molecule has 3 aromatic carbocycles. The molecule has 0 aliphatic rings. The molecule has 3 rings (SSSR count). The lowest BCUT2D eigenvalue weighted by molar-refractivity contribution is -0.139. The standard InChI is InChI=1S/C28H31Cl2N3O5S/c1-19(2)31-28(35)20(3)32(17-21-14-15-23(29)24(30)16-21)27(34)18-33(25-12-8-9-13-26(25)38-4)39(36,37)22-10-6-5-7-11-22/h5-16,19-20H,17-18H2,1-4H3,(H,31,35)/t20-/m0/s1. The Morgan fingerprint density at radius 1 is 0.923 bits per heavy atom. The zero-order valence-electron chi connectivity index (χ0n) is 22.1. The second-order valence-electron chi connectivity index (χ2n) is 9.11. The summed E-state index contributed by atoms with van der Waals surface area (Å²) < 4.78 is 34.1. The lowest BCUT2D eigenvalue weighted by Gasteiger charge is -2.32. The van der Waals surface area contributed by atoms with E-state index >= 15 is 0 Å². The third kappa shape index (κ3) is 7.44. The van der Waals surface area contributed by atoms with Gasteiger partial charge in [0.25, 0.3) is 10.0 Å². The first-order valence-corrected chi connectivity index (χ1v) is 14.4. The lowest BCUT2D eigenvalue weighted by atomic mass is 10.1. The van der Waals surface area contributed by atoms with Crippen LogP contribution >= 0.6 is 23.2 Å². The first-order chi connectivity index (χ1) is 18.4. The predicted octanol–water partition coefficient (Wildman–Crippen LogP) is 5.14. The molecule has 3 aromatic rings. The van der Waals surface area contributed by atoms with Crippen LogP contribution in [0.5, 0.6) is 5.75 Å². The number of carbonyl (C=O) groups excluding carboxylic acids is 2. The molecule has 8 nitrogen and oxygen atoms in total. The fourth-order valence-corrected chi connectivity index (χ4v) is 5.66. The van der Waals surface area contributed by atoms with Gasteiger partial charge in [0.2, 0.25) is 11.8 Å². The van der Waals surface area contributed by atoms with Crippen LogP contribution in [-0.4, -0.2) is 50.9 Å². The molecule has 1 N–H and O–H groups in total. The number of para-hydroxylation sites is 2. The summed E-state index contributed by atoms with van der Waals surface area (Å²) in [4.78, 5) is 28.2. The molecule has 0 saturated heterocycles. The van der Waals surface area contributed by atoms with Crippen molar-refractivity contribution in [3.63, 3.8) is 0 Å². The number of hydrogen-bond acceptors (Lipinski definition) is 5. The van der Waals surface area contributed by atoms with Crippen LogP contribution in [0, 0.1) is 0 Å². The Labute approximate surface area is 239 Å². The zero-order valence-corrected chi connectivity index (χ0v) is 24.4. The van der Waals surface area contributed by atoms with Crippen molar-refractivity contribution < 1.29 is 22.7 Å². The molecular formula is C28H31Cl2N3O5S. The monoisotopic (exact) mass is 591 g/mol. The number of anilines is 1. The number of hydrogen-bond donors (Lipinski definition) is 1. The molecular weight excluding hydrogens is 561 g/mol. The fourth-order valence-electron chi connectivity index (χ4n) is 3.89. The number of halogens is 2. The van der Waals surface area contributed by atoms with Gasteiger partial charge in [0.1, 0.15) is 18.3 Å². The normalized spacial score (nSPS) is 12.1. The molecule has 0 unspecified atom stereocenters. The maximum absolute atomic E-state index is 13.9. The van der Waals surface area contributed by atoms with E-state index in [-0.39, 0.29) is 34.8 Å². The van der Waals surface area contributed by atoms with E-state index in [4.69, 9.17) is 27.9 Å². The van der Waals surface area contributed by atoms with Gasteiger partial charge in [-0.05, 0) is 62.7 Å². The van der Waals surface area contributed by atoms with Crippen molar-refractivity contribution in [1.82, 2.24) is 10.2 Å². The molecule has 208 valence electrons. The summed E-state index contributed by atoms with van der Waals surface area (Å²) in [5.74, 6) is -0.711. The van der Waals surface area contributed by atoms with Gasteiger partial charge in [0.05, 0.1) is 27.7 Å². The third-order valence-electron chi connectivity index (χ3n) is 5.90. The molecule has 0 fully saturated rings. The summed E-state index contributed by atoms with van der Waals surface area (Å²) >= 11 is 12.3. The molecule has 39 heavy (non-hydrogen) atoms. The molecule has 2 amide bonds. The second kappa shape index (κ2) is 13.2. The molecule has 0 saturated carbocycles. The van der Waals surface area contributed by atoms with E-state index in [1.54, 1.807) is 67.6 Å². The van der Waals surface area contributed by atoms with E-state index in [9.17, 15) is 18.0 Å². The highest BCUT2D eigenvalue weighted by Gasteiger charge is 2.33. The van der Waals surface area contributed by atoms with Gasteiger partial charge in [-0.15, -0.1) is 0 Å². The third-order valence-corrected chi connectivity index (χ3v) is 8.41. The van der Waals surface area contributed by atoms with Crippen LogP contribution < -0.4 is 14.4 Å². The lowest BCUT2D eigenvalue weighted by Crippen LogP contribution is -2.52. The molecule has 0 aromatic heterocycles. The summed E-state index contributed by atoms with van der Waals surface area (Å²) in [6.45, 7) is 4.62. The molecule has 0 bridgehead atoms. The van der Waals surface area contributed by atoms with Crippen molar-refractivity contribution >= 4 is 50.7 Å². The molecule has 0 aliphatic heterocycles. The fraction of sp³-hybridized carbons (Fsp3) is 0.286. The van der Waals surface area contributed by atoms with Crippen molar-refractivity contribution in [2.45, 2.75) is 44.3 Å². The maximum Gasteiger partial charge on any atom is 0.264 e. The van der Waals surface area contributed by atoms with Gasteiger partial charge in [-0.25, -0.2) is 8.42 Å². The van der Waals surface area contributed by atoms with Crippen molar-refractivity contribution in [3.05, 3.63) is 88.4 Å². The average molecular weight is 593 g/mol. The summed E-state index contributed by atoms with van der Waals surface area (Å²) in [6, 6.07) is 18.2. The van der Waals surface area contributed by atoms with Gasteiger partial charge in [0.15, 0.2) is 0 Å². The van der Waals surface area contributed by atoms with Gasteiger partial charge in [-0.2, -0.15) is 0 Å². The smallest absolute Gasteiger partial charge is 0.264 e. The number of ether oxygens (including phenoxy) is 1. The minimum absolute atomic E-state index is 0.00494. The summed E-state index contributed by atoms with van der Waals surface area (Å²) in [5, 5.41) is 3.45. The molecule has 0 radical (unpaired) electrons. The van der Waals surface area contributed by atoms with E-state index in [2.05, 4.69) is 5.32 Å². The number of benzene rings is 3. The van der Waals surface area contributed by atoms with Crippen LogP contribution in [0.1, 0.15) is 26.3 Å². The van der Waals surface area contributed by atoms with Crippen molar-refractivity contribution in [2.75, 3.05) is 18.0 Å². The molecule has 1 atom stereocenters. The number of carbonyl (C=O) groups is 2. The van der Waals surface area contributed by atoms with Crippen LogP contribution in [-0.2, 0) is 26.2 Å². The van der Waals surface area contributed by atoms with E-state index in [1.165, 1.54) is 24.1 Å². The molecule has 0 spiro atoms. The predicted molar refractivity (Wildman–Crippen MR) is 154 cm³/mol. The highest BCUT2D eigenvalue weighted by Crippen LogP contribution is 2.32. The Morgan fingerprint density at radius 3 is 2.18 bits per heavy atom. The van der Waals surface area contributed by atoms with E-state index in [0.29, 0.717) is 15.6 Å². The van der Waals surface area contributed by atoms with Crippen molar-refractivity contribution in [3.8, 4) is 5.75 Å². The SMILES string of the molecule is COc1ccccc1N(CC(=O)N(Cc1ccc(Cl)c(Cl)c1)[C@@H](C)C(=O)NC(C)C)S(=O)(=O)c1ccccc1. The van der Waals surface area contributed by atoms with Gasteiger partial charge in [-0.1, -0.05) is 59.6 Å². The van der Waals surface area contributed by atoms with Gasteiger partial charge >= 0.3 is 0 Å². The molecule has 0 heterocycles. The van der Waals surface area contributed by atoms with Crippen LogP contribution in [0.4, 0.5) is 5.69 Å².